The predicted molar refractivity (Wildman–Crippen MR) is 141 cm³/mol. The molecule has 3 aromatic heterocycles. The first kappa shape index (κ1) is 24.3. The molecule has 0 bridgehead atoms. The molecule has 0 radical (unpaired) electrons. The monoisotopic (exact) mass is 541 g/mol. The van der Waals surface area contributed by atoms with Crippen LogP contribution in [-0.2, 0) is 10.9 Å². The molecule has 0 aliphatic carbocycles. The first-order chi connectivity index (χ1) is 18.4. The Hall–Kier alpha value is -4.04. The molecule has 4 heterocycles. The minimum atomic E-state index is -4.56. The smallest absolute Gasteiger partial charge is 0.378 e. The molecule has 5 aromatic rings. The summed E-state index contributed by atoms with van der Waals surface area (Å²) in [6, 6.07) is 12.7. The largest absolute Gasteiger partial charge is 0.449 e. The zero-order chi connectivity index (χ0) is 26.3. The van der Waals surface area contributed by atoms with Crippen LogP contribution in [0.3, 0.4) is 0 Å². The van der Waals surface area contributed by atoms with E-state index in [9.17, 15) is 13.2 Å². The van der Waals surface area contributed by atoms with Gasteiger partial charge in [0.05, 0.1) is 29.6 Å². The predicted octanol–water partition coefficient (Wildman–Crippen LogP) is 5.29. The molecule has 38 heavy (non-hydrogen) atoms. The summed E-state index contributed by atoms with van der Waals surface area (Å²) in [6.45, 7) is 3.12. The van der Waals surface area contributed by atoms with E-state index in [1.54, 1.807) is 12.1 Å². The molecular formula is C24H22F3N9OS. The molecular weight excluding hydrogens is 519 g/mol. The van der Waals surface area contributed by atoms with Crippen LogP contribution < -0.4 is 15.5 Å². The van der Waals surface area contributed by atoms with Gasteiger partial charge in [0.25, 0.3) is 0 Å². The Bertz CT molecular complexity index is 1590. The van der Waals surface area contributed by atoms with Crippen molar-refractivity contribution in [2.24, 2.45) is 0 Å². The average Bonchev–Trinajstić information content (AvgIpc) is 3.54. The number of morpholine rings is 1. The lowest BCUT2D eigenvalue weighted by Gasteiger charge is -2.28. The number of rotatable bonds is 6. The van der Waals surface area contributed by atoms with E-state index in [2.05, 4.69) is 45.7 Å². The highest BCUT2D eigenvalue weighted by Crippen LogP contribution is 2.34. The Morgan fingerprint density at radius 3 is 2.47 bits per heavy atom. The fourth-order valence-corrected chi connectivity index (χ4v) is 4.79. The summed E-state index contributed by atoms with van der Waals surface area (Å²) in [5.41, 5.74) is 3.41. The van der Waals surface area contributed by atoms with E-state index in [4.69, 9.17) is 4.74 Å². The second-order valence-electron chi connectivity index (χ2n) is 8.56. The number of nitrogens with one attached hydrogen (secondary N) is 4. The summed E-state index contributed by atoms with van der Waals surface area (Å²) in [5.74, 6) is -0.262. The third-order valence-electron chi connectivity index (χ3n) is 6.09. The van der Waals surface area contributed by atoms with Crippen molar-refractivity contribution in [3.63, 3.8) is 0 Å². The van der Waals surface area contributed by atoms with Crippen LogP contribution in [0.5, 0.6) is 0 Å². The summed E-state index contributed by atoms with van der Waals surface area (Å²) in [5, 5.41) is 15.0. The molecule has 196 valence electrons. The Morgan fingerprint density at radius 2 is 1.74 bits per heavy atom. The highest BCUT2D eigenvalue weighted by molar-refractivity contribution is 7.98. The Morgan fingerprint density at radius 1 is 0.974 bits per heavy atom. The van der Waals surface area contributed by atoms with Gasteiger partial charge in [-0.1, -0.05) is 0 Å². The first-order valence-corrected chi connectivity index (χ1v) is 12.9. The molecule has 0 spiro atoms. The van der Waals surface area contributed by atoms with Crippen molar-refractivity contribution in [2.75, 3.05) is 48.1 Å². The molecule has 0 unspecified atom stereocenters. The molecule has 4 N–H and O–H groups in total. The zero-order valence-electron chi connectivity index (χ0n) is 20.1. The highest BCUT2D eigenvalue weighted by Gasteiger charge is 2.34. The molecule has 1 aliphatic heterocycles. The quantitative estimate of drug-likeness (QED) is 0.213. The van der Waals surface area contributed by atoms with Crippen molar-refractivity contribution in [1.82, 2.24) is 30.1 Å². The van der Waals surface area contributed by atoms with E-state index in [1.165, 1.54) is 17.8 Å². The number of imidazole rings is 1. The number of thioether (sulfide) groups is 1. The topological polar surface area (TPSA) is 120 Å². The van der Waals surface area contributed by atoms with Crippen molar-refractivity contribution in [2.45, 2.75) is 11.2 Å². The summed E-state index contributed by atoms with van der Waals surface area (Å²) in [4.78, 5) is 17.5. The lowest BCUT2D eigenvalue weighted by atomic mass is 10.2. The third-order valence-corrected chi connectivity index (χ3v) is 6.78. The van der Waals surface area contributed by atoms with E-state index < -0.39 is 12.0 Å². The summed E-state index contributed by atoms with van der Waals surface area (Å²) in [6.07, 6.45) is -2.67. The number of anilines is 5. The highest BCUT2D eigenvalue weighted by atomic mass is 32.2. The van der Waals surface area contributed by atoms with Crippen molar-refractivity contribution in [1.29, 1.82) is 0 Å². The van der Waals surface area contributed by atoms with Crippen molar-refractivity contribution < 1.29 is 17.9 Å². The maximum absolute atomic E-state index is 13.1. The number of aromatic nitrogens is 6. The first-order valence-electron chi connectivity index (χ1n) is 11.7. The number of alkyl halides is 3. The molecule has 1 fully saturated rings. The van der Waals surface area contributed by atoms with Crippen LogP contribution in [-0.4, -0.2) is 62.7 Å². The minimum absolute atomic E-state index is 0.184. The van der Waals surface area contributed by atoms with Crippen molar-refractivity contribution in [3.05, 3.63) is 48.3 Å². The normalized spacial score (nSPS) is 14.4. The minimum Gasteiger partial charge on any atom is -0.378 e. The van der Waals surface area contributed by atoms with Crippen LogP contribution in [0.4, 0.5) is 42.0 Å². The van der Waals surface area contributed by atoms with Gasteiger partial charge in [0.1, 0.15) is 10.8 Å². The van der Waals surface area contributed by atoms with E-state index in [-0.39, 0.29) is 11.0 Å². The van der Waals surface area contributed by atoms with Gasteiger partial charge in [0, 0.05) is 30.2 Å². The van der Waals surface area contributed by atoms with Gasteiger partial charge >= 0.3 is 6.18 Å². The Balaban J connectivity index is 1.30. The van der Waals surface area contributed by atoms with E-state index in [0.29, 0.717) is 46.7 Å². The van der Waals surface area contributed by atoms with Gasteiger partial charge in [0.15, 0.2) is 5.65 Å². The second-order valence-corrected chi connectivity index (χ2v) is 9.36. The number of nitrogens with zero attached hydrogens (tertiary/aromatic N) is 5. The van der Waals surface area contributed by atoms with Crippen LogP contribution in [0, 0.1) is 0 Å². The second kappa shape index (κ2) is 9.68. The van der Waals surface area contributed by atoms with Crippen LogP contribution in [0.15, 0.2) is 47.5 Å². The van der Waals surface area contributed by atoms with E-state index in [1.807, 2.05) is 30.5 Å². The Labute approximate surface area is 218 Å². The number of benzene rings is 2. The fraction of sp³-hybridized carbons (Fsp3) is 0.250. The van der Waals surface area contributed by atoms with Crippen molar-refractivity contribution >= 4 is 62.7 Å². The fourth-order valence-electron chi connectivity index (χ4n) is 4.26. The number of ether oxygens (including phenoxy) is 1. The standard InChI is InChI=1S/C24H22F3N9OS/c1-38-21-18-19(28-14-4-7-16-17(12-14)31-22(30-16)24(25,26)27)32-23(33-20(18)34-35-21)29-13-2-5-15(6-3-13)36-8-10-37-11-9-36/h2-7,12H,8-11H2,1H3,(H,30,31)(H3,28,29,32,33,34,35). The summed E-state index contributed by atoms with van der Waals surface area (Å²) >= 11 is 1.42. The van der Waals surface area contributed by atoms with Gasteiger partial charge in [0.2, 0.25) is 11.8 Å². The van der Waals surface area contributed by atoms with Crippen LogP contribution in [0.25, 0.3) is 22.1 Å². The van der Waals surface area contributed by atoms with E-state index >= 15 is 0 Å². The SMILES string of the molecule is CSc1n[nH]c2nc(Nc3ccc(N4CCOCC4)cc3)nc(Nc3ccc4[nH]c(C(F)(F)F)nc4c3)c12. The maximum Gasteiger partial charge on any atom is 0.449 e. The number of halogens is 3. The van der Waals surface area contributed by atoms with Crippen LogP contribution in [0.1, 0.15) is 5.82 Å². The van der Waals surface area contributed by atoms with Crippen molar-refractivity contribution in [3.8, 4) is 0 Å². The van der Waals surface area contributed by atoms with Gasteiger partial charge in [-0.05, 0) is 48.7 Å². The van der Waals surface area contributed by atoms with Crippen LogP contribution >= 0.6 is 11.8 Å². The maximum atomic E-state index is 13.1. The molecule has 6 rings (SSSR count). The average molecular weight is 542 g/mol. The molecule has 1 aliphatic rings. The molecule has 14 heteroatoms. The van der Waals surface area contributed by atoms with Crippen LogP contribution in [0.2, 0.25) is 0 Å². The lowest BCUT2D eigenvalue weighted by Crippen LogP contribution is -2.36. The molecule has 2 aromatic carbocycles. The number of hydrogen-bond donors (Lipinski definition) is 4. The van der Waals surface area contributed by atoms with E-state index in [0.717, 1.165) is 24.5 Å². The number of fused-ring (bicyclic) bond motifs is 2. The van der Waals surface area contributed by atoms with Gasteiger partial charge in [-0.3, -0.25) is 5.10 Å². The van der Waals surface area contributed by atoms with Gasteiger partial charge in [-0.25, -0.2) is 4.98 Å². The van der Waals surface area contributed by atoms with Gasteiger partial charge < -0.3 is 25.3 Å². The molecule has 0 saturated carbocycles. The van der Waals surface area contributed by atoms with Gasteiger partial charge in [-0.15, -0.1) is 11.8 Å². The third kappa shape index (κ3) is 4.79. The molecule has 10 nitrogen and oxygen atoms in total. The molecule has 0 amide bonds. The molecule has 0 atom stereocenters. The Kier molecular flexibility index (Phi) is 6.19. The van der Waals surface area contributed by atoms with Gasteiger partial charge in [-0.2, -0.15) is 28.2 Å². The summed E-state index contributed by atoms with van der Waals surface area (Å²) < 4.78 is 44.7. The number of H-pyrrole nitrogens is 2. The zero-order valence-corrected chi connectivity index (χ0v) is 20.9. The molecule has 1 saturated heterocycles. The number of aromatic amines is 2. The summed E-state index contributed by atoms with van der Waals surface area (Å²) in [7, 11) is 0. The lowest BCUT2D eigenvalue weighted by molar-refractivity contribution is -0.144. The number of hydrogen-bond acceptors (Lipinski definition) is 9.